The second kappa shape index (κ2) is 6.10. The van der Waals surface area contributed by atoms with E-state index in [0.717, 1.165) is 12.0 Å². The topological polar surface area (TPSA) is 63.2 Å². The predicted molar refractivity (Wildman–Crippen MR) is 88.5 cm³/mol. The Hall–Kier alpha value is -1.24. The lowest BCUT2D eigenvalue weighted by Crippen LogP contribution is -2.38. The number of piperidine rings is 1. The monoisotopic (exact) mass is 365 g/mol. The van der Waals surface area contributed by atoms with E-state index >= 15 is 0 Å². The Labute approximate surface area is 138 Å². The average molecular weight is 366 g/mol. The van der Waals surface area contributed by atoms with Gasteiger partial charge in [-0.05, 0) is 40.3 Å². The molecular weight excluding hydrogens is 346 g/mol. The zero-order chi connectivity index (χ0) is 15.7. The summed E-state index contributed by atoms with van der Waals surface area (Å²) in [6.45, 7) is 6.70. The Bertz CT molecular complexity index is 607. The minimum absolute atomic E-state index is 0.0241. The molecule has 1 amide bonds. The van der Waals surface area contributed by atoms with E-state index in [1.165, 1.54) is 6.42 Å². The van der Waals surface area contributed by atoms with E-state index in [-0.39, 0.29) is 11.9 Å². The number of amides is 1. The van der Waals surface area contributed by atoms with Crippen molar-refractivity contribution in [1.29, 1.82) is 0 Å². The summed E-state index contributed by atoms with van der Waals surface area (Å²) < 4.78 is 6.14. The highest BCUT2D eigenvalue weighted by Gasteiger charge is 2.58. The molecule has 0 radical (unpaired) electrons. The third-order valence-electron chi connectivity index (χ3n) is 4.42. The maximum atomic E-state index is 12.4. The van der Waals surface area contributed by atoms with Crippen molar-refractivity contribution in [3.8, 4) is 0 Å². The summed E-state index contributed by atoms with van der Waals surface area (Å²) in [7, 11) is 0. The number of nitrogens with zero attached hydrogens (tertiary/aromatic N) is 1. The highest BCUT2D eigenvalue weighted by Crippen LogP contribution is 2.53. The van der Waals surface area contributed by atoms with Gasteiger partial charge < -0.3 is 15.4 Å². The van der Waals surface area contributed by atoms with Crippen molar-refractivity contribution in [2.24, 2.45) is 5.41 Å². The molecule has 1 saturated heterocycles. The van der Waals surface area contributed by atoms with Crippen LogP contribution in [0.15, 0.2) is 29.4 Å². The van der Waals surface area contributed by atoms with E-state index in [2.05, 4.69) is 45.1 Å². The van der Waals surface area contributed by atoms with E-state index in [9.17, 15) is 4.79 Å². The molecule has 2 fully saturated rings. The minimum Gasteiger partial charge on any atom is -0.373 e. The molecule has 1 aromatic rings. The summed E-state index contributed by atoms with van der Waals surface area (Å²) in [6, 6.07) is 4.10. The number of aromatic nitrogens is 1. The average Bonchev–Trinajstić information content (AvgIpc) is 2.99. The van der Waals surface area contributed by atoms with Gasteiger partial charge in [0.15, 0.2) is 0 Å². The van der Waals surface area contributed by atoms with Crippen LogP contribution in [0.5, 0.6) is 0 Å². The van der Waals surface area contributed by atoms with E-state index < -0.39 is 0 Å². The molecule has 0 spiro atoms. The number of anilines is 1. The number of hydrogen-bond acceptors (Lipinski definition) is 4. The number of rotatable bonds is 6. The Morgan fingerprint density at radius 2 is 2.45 bits per heavy atom. The molecule has 0 aromatic carbocycles. The highest BCUT2D eigenvalue weighted by atomic mass is 79.9. The molecule has 22 heavy (non-hydrogen) atoms. The van der Waals surface area contributed by atoms with Crippen molar-refractivity contribution in [3.63, 3.8) is 0 Å². The second-order valence-electron chi connectivity index (χ2n) is 6.27. The zero-order valence-corrected chi connectivity index (χ0v) is 14.1. The molecule has 1 saturated carbocycles. The smallest absolute Gasteiger partial charge is 0.242 e. The second-order valence-corrected chi connectivity index (χ2v) is 7.08. The molecular formula is C16H20BrN3O2. The van der Waals surface area contributed by atoms with Crippen LogP contribution < -0.4 is 10.6 Å². The van der Waals surface area contributed by atoms with Crippen LogP contribution in [-0.2, 0) is 16.1 Å². The van der Waals surface area contributed by atoms with Crippen molar-refractivity contribution in [3.05, 3.63) is 35.0 Å². The standard InChI is InChI=1S/C16H20BrN3O2/c1-3-6-22-9-10-4-5-13(17)19-14(10)20-15(21)11-7-16(2)8-12(16)18-11/h3-5,11-12,18H,1,6-9H2,2H3,(H,19,20,21). The Kier molecular flexibility index (Phi) is 4.34. The van der Waals surface area contributed by atoms with Gasteiger partial charge in [-0.1, -0.05) is 19.1 Å². The molecule has 6 heteroatoms. The fraction of sp³-hybridized carbons (Fsp3) is 0.500. The molecule has 118 valence electrons. The first-order chi connectivity index (χ1) is 10.5. The number of fused-ring (bicyclic) bond motifs is 1. The summed E-state index contributed by atoms with van der Waals surface area (Å²) >= 11 is 3.34. The van der Waals surface area contributed by atoms with Crippen LogP contribution in [0.25, 0.3) is 0 Å². The Morgan fingerprint density at radius 3 is 3.14 bits per heavy atom. The maximum Gasteiger partial charge on any atom is 0.242 e. The van der Waals surface area contributed by atoms with Gasteiger partial charge in [-0.15, -0.1) is 6.58 Å². The van der Waals surface area contributed by atoms with Gasteiger partial charge in [0.2, 0.25) is 5.91 Å². The Balaban J connectivity index is 1.66. The molecule has 1 aliphatic heterocycles. The molecule has 1 aromatic heterocycles. The number of nitrogens with one attached hydrogen (secondary N) is 2. The Morgan fingerprint density at radius 1 is 1.64 bits per heavy atom. The van der Waals surface area contributed by atoms with Gasteiger partial charge >= 0.3 is 0 Å². The molecule has 5 nitrogen and oxygen atoms in total. The number of ether oxygens (including phenoxy) is 1. The molecule has 3 unspecified atom stereocenters. The van der Waals surface area contributed by atoms with Crippen LogP contribution in [0.4, 0.5) is 5.82 Å². The van der Waals surface area contributed by atoms with Crippen molar-refractivity contribution < 1.29 is 9.53 Å². The molecule has 1 aliphatic carbocycles. The van der Waals surface area contributed by atoms with Crippen molar-refractivity contribution >= 4 is 27.7 Å². The quantitative estimate of drug-likeness (QED) is 0.462. The number of hydrogen-bond donors (Lipinski definition) is 2. The van der Waals surface area contributed by atoms with Crippen LogP contribution in [0.3, 0.4) is 0 Å². The number of pyridine rings is 1. The van der Waals surface area contributed by atoms with Crippen LogP contribution in [-0.4, -0.2) is 29.6 Å². The van der Waals surface area contributed by atoms with Crippen LogP contribution in [0, 0.1) is 5.41 Å². The molecule has 2 aliphatic rings. The number of carbonyl (C=O) groups excluding carboxylic acids is 1. The lowest BCUT2D eigenvalue weighted by atomic mass is 10.0. The van der Waals surface area contributed by atoms with E-state index in [1.807, 2.05) is 12.1 Å². The summed E-state index contributed by atoms with van der Waals surface area (Å²) in [6.07, 6.45) is 3.76. The number of carbonyl (C=O) groups is 1. The first-order valence-electron chi connectivity index (χ1n) is 7.43. The molecule has 3 rings (SSSR count). The van der Waals surface area contributed by atoms with E-state index in [4.69, 9.17) is 4.74 Å². The lowest BCUT2D eigenvalue weighted by molar-refractivity contribution is -0.118. The van der Waals surface area contributed by atoms with Gasteiger partial charge in [-0.2, -0.15) is 0 Å². The van der Waals surface area contributed by atoms with E-state index in [1.54, 1.807) is 6.08 Å². The third kappa shape index (κ3) is 3.24. The van der Waals surface area contributed by atoms with Gasteiger partial charge in [0.05, 0.1) is 19.3 Å². The lowest BCUT2D eigenvalue weighted by Gasteiger charge is -2.16. The third-order valence-corrected chi connectivity index (χ3v) is 4.86. The largest absolute Gasteiger partial charge is 0.373 e. The van der Waals surface area contributed by atoms with Crippen molar-refractivity contribution in [1.82, 2.24) is 10.3 Å². The van der Waals surface area contributed by atoms with Crippen LogP contribution in [0.2, 0.25) is 0 Å². The van der Waals surface area contributed by atoms with Crippen LogP contribution in [0.1, 0.15) is 25.3 Å². The van der Waals surface area contributed by atoms with Crippen molar-refractivity contribution in [2.75, 3.05) is 11.9 Å². The molecule has 2 heterocycles. The first-order valence-corrected chi connectivity index (χ1v) is 8.22. The fourth-order valence-electron chi connectivity index (χ4n) is 2.97. The molecule has 3 atom stereocenters. The van der Waals surface area contributed by atoms with Gasteiger partial charge in [0.25, 0.3) is 0 Å². The van der Waals surface area contributed by atoms with Gasteiger partial charge in [0.1, 0.15) is 10.4 Å². The minimum atomic E-state index is -0.133. The molecule has 0 bridgehead atoms. The van der Waals surface area contributed by atoms with Crippen LogP contribution >= 0.6 is 15.9 Å². The summed E-state index contributed by atoms with van der Waals surface area (Å²) in [5, 5.41) is 6.31. The summed E-state index contributed by atoms with van der Waals surface area (Å²) in [5.74, 6) is 0.528. The van der Waals surface area contributed by atoms with Gasteiger partial charge in [-0.3, -0.25) is 4.79 Å². The first kappa shape index (κ1) is 15.6. The van der Waals surface area contributed by atoms with Gasteiger partial charge in [0, 0.05) is 11.6 Å². The molecule has 2 N–H and O–H groups in total. The summed E-state index contributed by atoms with van der Waals surface area (Å²) in [5.41, 5.74) is 1.16. The maximum absolute atomic E-state index is 12.4. The fourth-order valence-corrected chi connectivity index (χ4v) is 3.28. The van der Waals surface area contributed by atoms with Crippen molar-refractivity contribution in [2.45, 2.75) is 38.5 Å². The van der Waals surface area contributed by atoms with Gasteiger partial charge in [-0.25, -0.2) is 4.98 Å². The normalized spacial score (nSPS) is 29.0. The SMILES string of the molecule is C=CCOCc1ccc(Br)nc1NC(=O)C1CC2(C)CC2N1. The zero-order valence-electron chi connectivity index (χ0n) is 12.6. The predicted octanol–water partition coefficient (Wildman–Crippen LogP) is 2.63. The van der Waals surface area contributed by atoms with E-state index in [0.29, 0.717) is 35.1 Å². The number of halogens is 1. The highest BCUT2D eigenvalue weighted by molar-refractivity contribution is 9.10. The summed E-state index contributed by atoms with van der Waals surface area (Å²) in [4.78, 5) is 16.8.